The molecule has 4 nitrogen and oxygen atoms in total. The molecule has 3 aromatic rings. The Kier molecular flexibility index (Phi) is 4.89. The maximum Gasteiger partial charge on any atom is 0.259 e. The summed E-state index contributed by atoms with van der Waals surface area (Å²) >= 11 is 0. The Morgan fingerprint density at radius 3 is 2.44 bits per heavy atom. The molecule has 0 aliphatic heterocycles. The maximum atomic E-state index is 12.4. The summed E-state index contributed by atoms with van der Waals surface area (Å²) in [6.45, 7) is 3.63. The van der Waals surface area contributed by atoms with Gasteiger partial charge in [0.05, 0.1) is 12.7 Å². The molecular formula is C21H21NO3. The minimum absolute atomic E-state index is 0.157. The van der Waals surface area contributed by atoms with E-state index in [4.69, 9.17) is 9.15 Å². The van der Waals surface area contributed by atoms with Gasteiger partial charge in [-0.15, -0.1) is 0 Å². The number of aryl methyl sites for hydroxylation is 2. The van der Waals surface area contributed by atoms with Gasteiger partial charge in [0.2, 0.25) is 0 Å². The first kappa shape index (κ1) is 16.8. The van der Waals surface area contributed by atoms with Crippen molar-refractivity contribution in [2.75, 3.05) is 12.4 Å². The second-order valence-corrected chi connectivity index (χ2v) is 6.01. The van der Waals surface area contributed by atoms with Gasteiger partial charge in [0, 0.05) is 5.69 Å². The van der Waals surface area contributed by atoms with E-state index in [-0.39, 0.29) is 5.91 Å². The number of carbonyl (C=O) groups excluding carboxylic acids is 1. The van der Waals surface area contributed by atoms with Gasteiger partial charge >= 0.3 is 0 Å². The van der Waals surface area contributed by atoms with Crippen LogP contribution in [0.1, 0.15) is 33.0 Å². The molecule has 0 aliphatic rings. The molecular weight excluding hydrogens is 314 g/mol. The smallest absolute Gasteiger partial charge is 0.259 e. The van der Waals surface area contributed by atoms with E-state index in [2.05, 4.69) is 5.32 Å². The van der Waals surface area contributed by atoms with Crippen LogP contribution in [0.25, 0.3) is 0 Å². The van der Waals surface area contributed by atoms with Gasteiger partial charge in [0.25, 0.3) is 5.91 Å². The number of methoxy groups -OCH3 is 1. The number of furan rings is 1. The first-order valence-electron chi connectivity index (χ1n) is 8.15. The van der Waals surface area contributed by atoms with Gasteiger partial charge in [0.1, 0.15) is 17.3 Å². The minimum Gasteiger partial charge on any atom is -0.497 e. The van der Waals surface area contributed by atoms with E-state index in [9.17, 15) is 4.79 Å². The second-order valence-electron chi connectivity index (χ2n) is 6.01. The van der Waals surface area contributed by atoms with Crippen molar-refractivity contribution >= 4 is 11.6 Å². The molecule has 0 atom stereocenters. The zero-order valence-electron chi connectivity index (χ0n) is 14.6. The lowest BCUT2D eigenvalue weighted by Crippen LogP contribution is -2.12. The number of nitrogens with one attached hydrogen (secondary N) is 1. The first-order valence-corrected chi connectivity index (χ1v) is 8.15. The number of rotatable bonds is 5. The monoisotopic (exact) mass is 335 g/mol. The number of carbonyl (C=O) groups is 1. The molecule has 2 aromatic carbocycles. The van der Waals surface area contributed by atoms with Gasteiger partial charge < -0.3 is 14.5 Å². The SMILES string of the molecule is COc1ccc(Cc2cccc(NC(=O)c3cc(C)oc3C)c2)cc1. The van der Waals surface area contributed by atoms with E-state index < -0.39 is 0 Å². The number of hydrogen-bond acceptors (Lipinski definition) is 3. The molecule has 25 heavy (non-hydrogen) atoms. The van der Waals surface area contributed by atoms with Crippen molar-refractivity contribution in [3.8, 4) is 5.75 Å². The summed E-state index contributed by atoms with van der Waals surface area (Å²) in [5, 5.41) is 2.94. The number of amides is 1. The lowest BCUT2D eigenvalue weighted by atomic mass is 10.0. The van der Waals surface area contributed by atoms with Gasteiger partial charge in [-0.05, 0) is 61.7 Å². The molecule has 0 spiro atoms. The molecule has 1 N–H and O–H groups in total. The zero-order chi connectivity index (χ0) is 17.8. The Hall–Kier alpha value is -3.01. The lowest BCUT2D eigenvalue weighted by Gasteiger charge is -2.08. The van der Waals surface area contributed by atoms with Crippen LogP contribution in [0.3, 0.4) is 0 Å². The van der Waals surface area contributed by atoms with Crippen molar-refractivity contribution in [3.63, 3.8) is 0 Å². The zero-order valence-corrected chi connectivity index (χ0v) is 14.6. The van der Waals surface area contributed by atoms with E-state index >= 15 is 0 Å². The van der Waals surface area contributed by atoms with Crippen molar-refractivity contribution < 1.29 is 13.9 Å². The molecule has 0 saturated heterocycles. The third kappa shape index (κ3) is 4.10. The topological polar surface area (TPSA) is 51.5 Å². The Morgan fingerprint density at radius 1 is 1.04 bits per heavy atom. The van der Waals surface area contributed by atoms with E-state index in [1.807, 2.05) is 55.5 Å². The number of anilines is 1. The second kappa shape index (κ2) is 7.26. The van der Waals surface area contributed by atoms with Crippen LogP contribution in [0.2, 0.25) is 0 Å². The summed E-state index contributed by atoms with van der Waals surface area (Å²) in [7, 11) is 1.66. The minimum atomic E-state index is -0.157. The summed E-state index contributed by atoms with van der Waals surface area (Å²) in [6.07, 6.45) is 0.789. The van der Waals surface area contributed by atoms with Crippen LogP contribution in [0.15, 0.2) is 59.0 Å². The normalized spacial score (nSPS) is 10.5. The van der Waals surface area contributed by atoms with Crippen LogP contribution in [0, 0.1) is 13.8 Å². The first-order chi connectivity index (χ1) is 12.0. The summed E-state index contributed by atoms with van der Waals surface area (Å²) < 4.78 is 10.6. The van der Waals surface area contributed by atoms with Crippen LogP contribution >= 0.6 is 0 Å². The lowest BCUT2D eigenvalue weighted by molar-refractivity contribution is 0.102. The van der Waals surface area contributed by atoms with E-state index in [0.29, 0.717) is 11.3 Å². The fraction of sp³-hybridized carbons (Fsp3) is 0.190. The van der Waals surface area contributed by atoms with Gasteiger partial charge in [0.15, 0.2) is 0 Å². The highest BCUT2D eigenvalue weighted by molar-refractivity contribution is 6.05. The van der Waals surface area contributed by atoms with Gasteiger partial charge in [-0.3, -0.25) is 4.79 Å². The third-order valence-electron chi connectivity index (χ3n) is 4.04. The molecule has 0 unspecified atom stereocenters. The summed E-state index contributed by atoms with van der Waals surface area (Å²) in [5.41, 5.74) is 3.65. The highest BCUT2D eigenvalue weighted by atomic mass is 16.5. The van der Waals surface area contributed by atoms with Crippen LogP contribution < -0.4 is 10.1 Å². The van der Waals surface area contributed by atoms with E-state index in [1.165, 1.54) is 5.56 Å². The standard InChI is InChI=1S/C21H21NO3/c1-14-11-20(15(2)25-14)21(23)22-18-6-4-5-17(13-18)12-16-7-9-19(24-3)10-8-16/h4-11,13H,12H2,1-3H3,(H,22,23). The fourth-order valence-electron chi connectivity index (χ4n) is 2.79. The molecule has 0 saturated carbocycles. The summed E-state index contributed by atoms with van der Waals surface area (Å²) in [4.78, 5) is 12.4. The molecule has 0 bridgehead atoms. The molecule has 1 amide bonds. The Labute approximate surface area is 147 Å². The number of ether oxygens (including phenoxy) is 1. The van der Waals surface area contributed by atoms with E-state index in [1.54, 1.807) is 20.1 Å². The molecule has 1 aromatic heterocycles. The molecule has 0 fully saturated rings. The molecule has 0 aliphatic carbocycles. The predicted octanol–water partition coefficient (Wildman–Crippen LogP) is 4.75. The van der Waals surface area contributed by atoms with Crippen molar-refractivity contribution in [2.45, 2.75) is 20.3 Å². The molecule has 0 radical (unpaired) electrons. The quantitative estimate of drug-likeness (QED) is 0.732. The Balaban J connectivity index is 1.72. The van der Waals surface area contributed by atoms with Gasteiger partial charge in [-0.25, -0.2) is 0 Å². The van der Waals surface area contributed by atoms with Crippen LogP contribution in [-0.2, 0) is 6.42 Å². The van der Waals surface area contributed by atoms with Gasteiger partial charge in [-0.1, -0.05) is 24.3 Å². The Bertz CT molecular complexity index is 878. The van der Waals surface area contributed by atoms with E-state index in [0.717, 1.165) is 29.2 Å². The van der Waals surface area contributed by atoms with Crippen molar-refractivity contribution in [2.24, 2.45) is 0 Å². The maximum absolute atomic E-state index is 12.4. The highest BCUT2D eigenvalue weighted by Crippen LogP contribution is 2.19. The van der Waals surface area contributed by atoms with Crippen molar-refractivity contribution in [1.29, 1.82) is 0 Å². The fourth-order valence-corrected chi connectivity index (χ4v) is 2.79. The van der Waals surface area contributed by atoms with Crippen molar-refractivity contribution in [1.82, 2.24) is 0 Å². The molecule has 4 heteroatoms. The summed E-state index contributed by atoms with van der Waals surface area (Å²) in [6, 6.07) is 17.6. The van der Waals surface area contributed by atoms with Gasteiger partial charge in [-0.2, -0.15) is 0 Å². The van der Waals surface area contributed by atoms with Crippen LogP contribution in [0.4, 0.5) is 5.69 Å². The highest BCUT2D eigenvalue weighted by Gasteiger charge is 2.13. The molecule has 128 valence electrons. The molecule has 3 rings (SSSR count). The molecule has 1 heterocycles. The third-order valence-corrected chi connectivity index (χ3v) is 4.04. The predicted molar refractivity (Wildman–Crippen MR) is 98.4 cm³/mol. The number of hydrogen-bond donors (Lipinski definition) is 1. The Morgan fingerprint density at radius 2 is 1.80 bits per heavy atom. The van der Waals surface area contributed by atoms with Crippen molar-refractivity contribution in [3.05, 3.63) is 82.8 Å². The number of benzene rings is 2. The average molecular weight is 335 g/mol. The van der Waals surface area contributed by atoms with Crippen LogP contribution in [0.5, 0.6) is 5.75 Å². The van der Waals surface area contributed by atoms with Crippen LogP contribution in [-0.4, -0.2) is 13.0 Å². The summed E-state index contributed by atoms with van der Waals surface area (Å²) in [5.74, 6) is 2.05. The average Bonchev–Trinajstić information content (AvgIpc) is 2.94. The largest absolute Gasteiger partial charge is 0.497 e.